The Morgan fingerprint density at radius 3 is 2.74 bits per heavy atom. The Balaban J connectivity index is 2.15. The fourth-order valence-electron chi connectivity index (χ4n) is 2.13. The van der Waals surface area contributed by atoms with Gasteiger partial charge in [0.25, 0.3) is 0 Å². The van der Waals surface area contributed by atoms with E-state index in [2.05, 4.69) is 21.2 Å². The van der Waals surface area contributed by atoms with Crippen molar-refractivity contribution in [3.8, 4) is 11.1 Å². The number of hydrogen-bond donors (Lipinski definition) is 1. The van der Waals surface area contributed by atoms with Crippen LogP contribution in [0, 0.1) is 6.92 Å². The second-order valence-corrected chi connectivity index (χ2v) is 4.56. The van der Waals surface area contributed by atoms with Crippen molar-refractivity contribution in [2.45, 2.75) is 13.8 Å². The maximum Gasteiger partial charge on any atom is 0.178 e. The van der Waals surface area contributed by atoms with Crippen molar-refractivity contribution in [3.05, 3.63) is 47.9 Å². The quantitative estimate of drug-likeness (QED) is 0.712. The zero-order valence-corrected chi connectivity index (χ0v) is 10.8. The van der Waals surface area contributed by atoms with Gasteiger partial charge in [-0.15, -0.1) is 0 Å². The standard InChI is InChI=1S/C15H13N3O/c1-9-13-7-11(3-4-14(13)18-17-9)12-5-6-16-15(8-12)10(2)19/h3-8H,1-2H3,(H,17,18). The van der Waals surface area contributed by atoms with Crippen molar-refractivity contribution in [2.75, 3.05) is 0 Å². The summed E-state index contributed by atoms with van der Waals surface area (Å²) >= 11 is 0. The Morgan fingerprint density at radius 2 is 1.95 bits per heavy atom. The van der Waals surface area contributed by atoms with Crippen LogP contribution in [0.4, 0.5) is 0 Å². The molecule has 0 spiro atoms. The van der Waals surface area contributed by atoms with Crippen LogP contribution < -0.4 is 0 Å². The minimum atomic E-state index is -0.0255. The first-order chi connectivity index (χ1) is 9.15. The molecule has 94 valence electrons. The number of benzene rings is 1. The molecule has 0 radical (unpaired) electrons. The molecular weight excluding hydrogens is 238 g/mol. The van der Waals surface area contributed by atoms with Gasteiger partial charge in [0.15, 0.2) is 5.78 Å². The smallest absolute Gasteiger partial charge is 0.178 e. The fraction of sp³-hybridized carbons (Fsp3) is 0.133. The molecule has 0 aliphatic heterocycles. The molecule has 0 aliphatic carbocycles. The Kier molecular flexibility index (Phi) is 2.63. The molecule has 0 fully saturated rings. The maximum atomic E-state index is 11.4. The number of Topliss-reactive ketones (excluding diaryl/α,β-unsaturated/α-hetero) is 1. The highest BCUT2D eigenvalue weighted by Crippen LogP contribution is 2.25. The molecule has 3 aromatic rings. The fourth-order valence-corrected chi connectivity index (χ4v) is 2.13. The third kappa shape index (κ3) is 2.01. The summed E-state index contributed by atoms with van der Waals surface area (Å²) in [6.07, 6.45) is 1.67. The van der Waals surface area contributed by atoms with E-state index in [9.17, 15) is 4.79 Å². The normalized spacial score (nSPS) is 10.8. The topological polar surface area (TPSA) is 58.6 Å². The van der Waals surface area contributed by atoms with Crippen molar-refractivity contribution >= 4 is 16.7 Å². The van der Waals surface area contributed by atoms with Crippen LogP contribution >= 0.6 is 0 Å². The van der Waals surface area contributed by atoms with Gasteiger partial charge < -0.3 is 0 Å². The lowest BCUT2D eigenvalue weighted by Crippen LogP contribution is -1.96. The number of rotatable bonds is 2. The third-order valence-corrected chi connectivity index (χ3v) is 3.21. The van der Waals surface area contributed by atoms with E-state index in [0.717, 1.165) is 27.7 Å². The zero-order valence-electron chi connectivity index (χ0n) is 10.8. The first-order valence-electron chi connectivity index (χ1n) is 6.07. The summed E-state index contributed by atoms with van der Waals surface area (Å²) < 4.78 is 0. The number of carbonyl (C=O) groups excluding carboxylic acids is 1. The van der Waals surface area contributed by atoms with E-state index in [4.69, 9.17) is 0 Å². The second-order valence-electron chi connectivity index (χ2n) is 4.56. The molecule has 2 heterocycles. The van der Waals surface area contributed by atoms with Gasteiger partial charge in [-0.05, 0) is 42.3 Å². The molecule has 1 aromatic carbocycles. The number of pyridine rings is 1. The molecule has 1 N–H and O–H groups in total. The molecule has 0 unspecified atom stereocenters. The lowest BCUT2D eigenvalue weighted by atomic mass is 10.0. The van der Waals surface area contributed by atoms with E-state index in [1.165, 1.54) is 6.92 Å². The lowest BCUT2D eigenvalue weighted by molar-refractivity contribution is 0.101. The number of hydrogen-bond acceptors (Lipinski definition) is 3. The number of aryl methyl sites for hydroxylation is 1. The molecule has 3 rings (SSSR count). The highest BCUT2D eigenvalue weighted by Gasteiger charge is 2.06. The SMILES string of the molecule is CC(=O)c1cc(-c2ccc3[nH]nc(C)c3c2)ccn1. The monoisotopic (exact) mass is 251 g/mol. The number of nitrogens with zero attached hydrogens (tertiary/aromatic N) is 2. The third-order valence-electron chi connectivity index (χ3n) is 3.21. The molecule has 0 saturated carbocycles. The molecule has 19 heavy (non-hydrogen) atoms. The largest absolute Gasteiger partial charge is 0.293 e. The van der Waals surface area contributed by atoms with Gasteiger partial charge in [0.1, 0.15) is 5.69 Å². The van der Waals surface area contributed by atoms with Gasteiger partial charge in [-0.2, -0.15) is 5.10 Å². The predicted octanol–water partition coefficient (Wildman–Crippen LogP) is 3.14. The van der Waals surface area contributed by atoms with Crippen LogP contribution in [0.15, 0.2) is 36.5 Å². The molecule has 0 bridgehead atoms. The summed E-state index contributed by atoms with van der Waals surface area (Å²) in [5.41, 5.74) is 4.52. The van der Waals surface area contributed by atoms with Gasteiger partial charge in [-0.25, -0.2) is 0 Å². The van der Waals surface area contributed by atoms with Crippen molar-refractivity contribution in [2.24, 2.45) is 0 Å². The van der Waals surface area contributed by atoms with Crippen LogP contribution in [-0.4, -0.2) is 21.0 Å². The number of carbonyl (C=O) groups is 1. The van der Waals surface area contributed by atoms with Crippen LogP contribution in [0.3, 0.4) is 0 Å². The lowest BCUT2D eigenvalue weighted by Gasteiger charge is -2.03. The first kappa shape index (κ1) is 11.6. The first-order valence-corrected chi connectivity index (χ1v) is 6.07. The molecule has 4 heteroatoms. The van der Waals surface area contributed by atoms with E-state index in [1.807, 2.05) is 31.2 Å². The van der Waals surface area contributed by atoms with Crippen LogP contribution in [0.2, 0.25) is 0 Å². The van der Waals surface area contributed by atoms with Gasteiger partial charge in [-0.1, -0.05) is 6.07 Å². The summed E-state index contributed by atoms with van der Waals surface area (Å²) in [5.74, 6) is -0.0255. The number of ketones is 1. The minimum Gasteiger partial charge on any atom is -0.293 e. The van der Waals surface area contributed by atoms with Crippen molar-refractivity contribution in [1.29, 1.82) is 0 Å². The van der Waals surface area contributed by atoms with Gasteiger partial charge in [0.2, 0.25) is 0 Å². The summed E-state index contributed by atoms with van der Waals surface area (Å²) in [5, 5.41) is 8.26. The molecule has 2 aromatic heterocycles. The number of aromatic nitrogens is 3. The van der Waals surface area contributed by atoms with Gasteiger partial charge >= 0.3 is 0 Å². The number of aromatic amines is 1. The summed E-state index contributed by atoms with van der Waals surface area (Å²) in [7, 11) is 0. The van der Waals surface area contributed by atoms with Crippen molar-refractivity contribution in [3.63, 3.8) is 0 Å². The van der Waals surface area contributed by atoms with Crippen LogP contribution in [0.1, 0.15) is 23.1 Å². The Morgan fingerprint density at radius 1 is 1.16 bits per heavy atom. The predicted molar refractivity (Wildman–Crippen MR) is 74.1 cm³/mol. The van der Waals surface area contributed by atoms with Crippen molar-refractivity contribution in [1.82, 2.24) is 15.2 Å². The Labute approximate surface area is 110 Å². The maximum absolute atomic E-state index is 11.4. The number of fused-ring (bicyclic) bond motifs is 1. The minimum absolute atomic E-state index is 0.0255. The van der Waals surface area contributed by atoms with Crippen LogP contribution in [0.25, 0.3) is 22.0 Å². The van der Waals surface area contributed by atoms with Crippen molar-refractivity contribution < 1.29 is 4.79 Å². The van der Waals surface area contributed by atoms with E-state index in [1.54, 1.807) is 6.20 Å². The summed E-state index contributed by atoms with van der Waals surface area (Å²) in [6.45, 7) is 3.49. The zero-order chi connectivity index (χ0) is 13.4. The van der Waals surface area contributed by atoms with Crippen LogP contribution in [-0.2, 0) is 0 Å². The Bertz CT molecular complexity index is 774. The molecule has 4 nitrogen and oxygen atoms in total. The van der Waals surface area contributed by atoms with Crippen LogP contribution in [0.5, 0.6) is 0 Å². The second kappa shape index (κ2) is 4.31. The summed E-state index contributed by atoms with van der Waals surface area (Å²) in [4.78, 5) is 15.4. The number of H-pyrrole nitrogens is 1. The molecule has 0 saturated heterocycles. The molecular formula is C15H13N3O. The highest BCUT2D eigenvalue weighted by molar-refractivity contribution is 5.94. The average Bonchev–Trinajstić information content (AvgIpc) is 2.80. The molecule has 0 atom stereocenters. The average molecular weight is 251 g/mol. The van der Waals surface area contributed by atoms with E-state index < -0.39 is 0 Å². The Hall–Kier alpha value is -2.49. The van der Waals surface area contributed by atoms with E-state index >= 15 is 0 Å². The number of nitrogens with one attached hydrogen (secondary N) is 1. The summed E-state index contributed by atoms with van der Waals surface area (Å²) in [6, 6.07) is 9.81. The highest BCUT2D eigenvalue weighted by atomic mass is 16.1. The molecule has 0 amide bonds. The van der Waals surface area contributed by atoms with Gasteiger partial charge in [0, 0.05) is 18.5 Å². The van der Waals surface area contributed by atoms with Gasteiger partial charge in [-0.3, -0.25) is 14.9 Å². The molecule has 0 aliphatic rings. The van der Waals surface area contributed by atoms with E-state index in [0.29, 0.717) is 5.69 Å². The van der Waals surface area contributed by atoms with E-state index in [-0.39, 0.29) is 5.78 Å². The van der Waals surface area contributed by atoms with Gasteiger partial charge in [0.05, 0.1) is 11.2 Å².